The topological polar surface area (TPSA) is 237 Å². The maximum atomic E-state index is 13.1. The molecule has 3 N–H and O–H groups in total. The van der Waals surface area contributed by atoms with Crippen LogP contribution in [0.25, 0.3) is 0 Å². The number of ether oxygens (including phenoxy) is 4. The number of unbranched alkanes of at least 4 members (excludes halogenated alkanes) is 46. The molecule has 0 aliphatic carbocycles. The molecule has 0 aliphatic heterocycles. The van der Waals surface area contributed by atoms with Gasteiger partial charge in [0.1, 0.15) is 19.3 Å². The van der Waals surface area contributed by atoms with Gasteiger partial charge in [0.05, 0.1) is 26.4 Å². The van der Waals surface area contributed by atoms with Crippen molar-refractivity contribution in [2.75, 3.05) is 39.6 Å². The first kappa shape index (κ1) is 100. The molecular weight excluding hydrogens is 1330 g/mol. The Morgan fingerprint density at radius 1 is 0.245 bits per heavy atom. The quantitative estimate of drug-likeness (QED) is 0.0222. The zero-order valence-electron chi connectivity index (χ0n) is 67.2. The van der Waals surface area contributed by atoms with Crippen LogP contribution in [0, 0.1) is 23.7 Å². The van der Waals surface area contributed by atoms with Gasteiger partial charge >= 0.3 is 39.5 Å². The van der Waals surface area contributed by atoms with Crippen LogP contribution in [0.5, 0.6) is 0 Å². The highest BCUT2D eigenvalue weighted by Gasteiger charge is 2.30. The lowest BCUT2D eigenvalue weighted by molar-refractivity contribution is -0.161. The molecule has 0 saturated heterocycles. The Balaban J connectivity index is 5.21. The molecule has 0 aliphatic rings. The largest absolute Gasteiger partial charge is 0.472 e. The summed E-state index contributed by atoms with van der Waals surface area (Å²) < 4.78 is 68.7. The standard InChI is InChI=1S/C83H162O17P2/c1-73(2)59-51-43-35-27-23-19-15-11-9-10-12-18-22-26-30-41-49-57-65-82(87)99-78(69-93-80(85)63-55-47-39-29-25-21-17-14-13-16-20-24-28-36-44-52-60-74(3)4)71-97-101(89,90)95-67-77(84)68-96-102(91,92)98-72-79(100-83(88)66-58-50-42-34-32-38-46-54-62-76(7)8)70-94-81(86)64-56-48-40-33-31-37-45-53-61-75(5)6/h73-79,84H,9-72H2,1-8H3,(H,89,90)(H,91,92)/t77?,78-,79-/m1/s1. The van der Waals surface area contributed by atoms with Crippen molar-refractivity contribution in [3.8, 4) is 0 Å². The van der Waals surface area contributed by atoms with Crippen molar-refractivity contribution in [2.45, 2.75) is 446 Å². The molecule has 606 valence electrons. The van der Waals surface area contributed by atoms with E-state index in [0.29, 0.717) is 25.7 Å². The van der Waals surface area contributed by atoms with E-state index in [9.17, 15) is 43.2 Å². The minimum Gasteiger partial charge on any atom is -0.462 e. The molecule has 17 nitrogen and oxygen atoms in total. The number of carbonyl (C=O) groups excluding carboxylic acids is 4. The molecule has 0 aromatic heterocycles. The third kappa shape index (κ3) is 76.3. The predicted octanol–water partition coefficient (Wildman–Crippen LogP) is 24.8. The van der Waals surface area contributed by atoms with Gasteiger partial charge in [-0.25, -0.2) is 9.13 Å². The highest BCUT2D eigenvalue weighted by Crippen LogP contribution is 2.45. The first-order chi connectivity index (χ1) is 49.1. The van der Waals surface area contributed by atoms with E-state index < -0.39 is 97.5 Å². The van der Waals surface area contributed by atoms with E-state index in [0.717, 1.165) is 114 Å². The zero-order valence-corrected chi connectivity index (χ0v) is 69.0. The molecular formula is C83H162O17P2. The average Bonchev–Trinajstić information content (AvgIpc) is 0.910. The zero-order chi connectivity index (χ0) is 75.3. The molecule has 0 aromatic rings. The molecule has 0 radical (unpaired) electrons. The molecule has 19 heteroatoms. The number of phosphoric ester groups is 2. The summed E-state index contributed by atoms with van der Waals surface area (Å²) in [5, 5.41) is 10.6. The highest BCUT2D eigenvalue weighted by atomic mass is 31.2. The molecule has 0 aromatic carbocycles. The summed E-state index contributed by atoms with van der Waals surface area (Å²) in [7, 11) is -9.92. The van der Waals surface area contributed by atoms with E-state index in [1.807, 2.05) is 0 Å². The van der Waals surface area contributed by atoms with E-state index in [1.165, 1.54) is 231 Å². The van der Waals surface area contributed by atoms with Gasteiger partial charge in [0.25, 0.3) is 0 Å². The van der Waals surface area contributed by atoms with Gasteiger partial charge < -0.3 is 33.8 Å². The van der Waals surface area contributed by atoms with Crippen LogP contribution in [0.15, 0.2) is 0 Å². The molecule has 5 atom stereocenters. The van der Waals surface area contributed by atoms with Crippen LogP contribution >= 0.6 is 15.6 Å². The molecule has 0 heterocycles. The molecule has 0 rings (SSSR count). The van der Waals surface area contributed by atoms with Crippen LogP contribution in [-0.2, 0) is 65.4 Å². The van der Waals surface area contributed by atoms with E-state index in [4.69, 9.17) is 37.0 Å². The SMILES string of the molecule is CC(C)CCCCCCCCCCCCCCCCCCCCC(=O)O[C@H](COC(=O)CCCCCCCCCCCCCCCCCCC(C)C)COP(=O)(O)OCC(O)COP(=O)(O)OC[C@@H](COC(=O)CCCCCCCCCCC(C)C)OC(=O)CCCCCCCCCCC(C)C. The van der Waals surface area contributed by atoms with Gasteiger partial charge in [-0.05, 0) is 49.4 Å². The van der Waals surface area contributed by atoms with Crippen LogP contribution in [0.4, 0.5) is 0 Å². The maximum Gasteiger partial charge on any atom is 0.472 e. The number of esters is 4. The highest BCUT2D eigenvalue weighted by molar-refractivity contribution is 7.47. The number of aliphatic hydroxyl groups excluding tert-OH is 1. The third-order valence-electron chi connectivity index (χ3n) is 19.3. The Labute approximate surface area is 626 Å². The van der Waals surface area contributed by atoms with Gasteiger partial charge in [0.15, 0.2) is 12.2 Å². The fraction of sp³-hybridized carbons (Fsp3) is 0.952. The lowest BCUT2D eigenvalue weighted by Crippen LogP contribution is -2.30. The number of hydrogen-bond donors (Lipinski definition) is 3. The first-order valence-corrected chi connectivity index (χ1v) is 45.7. The lowest BCUT2D eigenvalue weighted by Gasteiger charge is -2.21. The number of carbonyl (C=O) groups is 4. The number of hydrogen-bond acceptors (Lipinski definition) is 15. The second kappa shape index (κ2) is 72.0. The van der Waals surface area contributed by atoms with Crippen molar-refractivity contribution in [1.29, 1.82) is 0 Å². The lowest BCUT2D eigenvalue weighted by atomic mass is 10.0. The fourth-order valence-electron chi connectivity index (χ4n) is 12.8. The van der Waals surface area contributed by atoms with Crippen LogP contribution in [0.2, 0.25) is 0 Å². The second-order valence-corrected chi connectivity index (χ2v) is 34.7. The van der Waals surface area contributed by atoms with Gasteiger partial charge in [-0.15, -0.1) is 0 Å². The van der Waals surface area contributed by atoms with Crippen LogP contribution < -0.4 is 0 Å². The minimum atomic E-state index is -4.96. The van der Waals surface area contributed by atoms with Gasteiger partial charge in [-0.1, -0.05) is 376 Å². The van der Waals surface area contributed by atoms with Gasteiger partial charge in [-0.3, -0.25) is 37.3 Å². The van der Waals surface area contributed by atoms with Crippen molar-refractivity contribution in [3.63, 3.8) is 0 Å². The van der Waals surface area contributed by atoms with Crippen molar-refractivity contribution in [1.82, 2.24) is 0 Å². The summed E-state index contributed by atoms with van der Waals surface area (Å²) in [5.41, 5.74) is 0. The Bertz CT molecular complexity index is 1990. The third-order valence-corrected chi connectivity index (χ3v) is 21.2. The minimum absolute atomic E-state index is 0.104. The molecule has 0 amide bonds. The summed E-state index contributed by atoms with van der Waals surface area (Å²) in [6, 6.07) is 0. The van der Waals surface area contributed by atoms with Crippen LogP contribution in [0.1, 0.15) is 428 Å². The summed E-state index contributed by atoms with van der Waals surface area (Å²) in [4.78, 5) is 73.0. The Morgan fingerprint density at radius 3 is 0.608 bits per heavy atom. The normalized spacial score (nSPS) is 14.0. The monoisotopic (exact) mass is 1490 g/mol. The molecule has 102 heavy (non-hydrogen) atoms. The summed E-state index contributed by atoms with van der Waals surface area (Å²) in [6.45, 7) is 14.2. The number of phosphoric acid groups is 2. The van der Waals surface area contributed by atoms with Crippen molar-refractivity contribution in [3.05, 3.63) is 0 Å². The Hall–Kier alpha value is -1.94. The van der Waals surface area contributed by atoms with Crippen molar-refractivity contribution < 1.29 is 80.2 Å². The van der Waals surface area contributed by atoms with Gasteiger partial charge in [-0.2, -0.15) is 0 Å². The second-order valence-electron chi connectivity index (χ2n) is 31.8. The Kier molecular flexibility index (Phi) is 70.6. The Morgan fingerprint density at radius 2 is 0.412 bits per heavy atom. The summed E-state index contributed by atoms with van der Waals surface area (Å²) >= 11 is 0. The maximum absolute atomic E-state index is 13.1. The predicted molar refractivity (Wildman–Crippen MR) is 418 cm³/mol. The molecule has 0 saturated carbocycles. The van der Waals surface area contributed by atoms with E-state index in [1.54, 1.807) is 0 Å². The number of aliphatic hydroxyl groups is 1. The summed E-state index contributed by atoms with van der Waals surface area (Å²) in [5.74, 6) is 0.963. The van der Waals surface area contributed by atoms with E-state index in [2.05, 4.69) is 55.4 Å². The molecule has 3 unspecified atom stereocenters. The first-order valence-electron chi connectivity index (χ1n) is 42.7. The van der Waals surface area contributed by atoms with Crippen molar-refractivity contribution in [2.24, 2.45) is 23.7 Å². The van der Waals surface area contributed by atoms with E-state index in [-0.39, 0.29) is 25.7 Å². The molecule has 0 bridgehead atoms. The average molecular weight is 1490 g/mol. The molecule has 0 spiro atoms. The van der Waals surface area contributed by atoms with Gasteiger partial charge in [0.2, 0.25) is 0 Å². The van der Waals surface area contributed by atoms with Crippen LogP contribution in [-0.4, -0.2) is 96.7 Å². The summed E-state index contributed by atoms with van der Waals surface area (Å²) in [6.07, 6.45) is 59.9. The van der Waals surface area contributed by atoms with Gasteiger partial charge in [0, 0.05) is 25.7 Å². The smallest absolute Gasteiger partial charge is 0.462 e. The number of rotatable bonds is 80. The molecule has 0 fully saturated rings. The van der Waals surface area contributed by atoms with Crippen molar-refractivity contribution >= 4 is 39.5 Å². The fourth-order valence-corrected chi connectivity index (χ4v) is 14.4. The van der Waals surface area contributed by atoms with Crippen LogP contribution in [0.3, 0.4) is 0 Å². The van der Waals surface area contributed by atoms with E-state index >= 15 is 0 Å².